The Labute approximate surface area is 204 Å². The molecule has 34 heavy (non-hydrogen) atoms. The molecular weight excluding hydrogens is 420 g/mol. The fraction of sp³-hybridized carbons (Fsp3) is 0.571. The molecule has 0 radical (unpaired) electrons. The van der Waals surface area contributed by atoms with Gasteiger partial charge in [-0.2, -0.15) is 0 Å². The van der Waals surface area contributed by atoms with Gasteiger partial charge in [0.1, 0.15) is 11.3 Å². The van der Waals surface area contributed by atoms with Gasteiger partial charge in [0, 0.05) is 50.1 Å². The first kappa shape index (κ1) is 23.3. The molecule has 2 aromatic heterocycles. The van der Waals surface area contributed by atoms with Gasteiger partial charge in [-0.1, -0.05) is 12.1 Å². The molecule has 1 aromatic carbocycles. The van der Waals surface area contributed by atoms with Crippen molar-refractivity contribution in [1.82, 2.24) is 24.3 Å². The van der Waals surface area contributed by atoms with Gasteiger partial charge < -0.3 is 19.7 Å². The van der Waals surface area contributed by atoms with Crippen LogP contribution in [0.2, 0.25) is 0 Å². The lowest BCUT2D eigenvalue weighted by Gasteiger charge is -2.37. The summed E-state index contributed by atoms with van der Waals surface area (Å²) in [6.07, 6.45) is 5.26. The molecule has 0 bridgehead atoms. The Bertz CT molecular complexity index is 1100. The van der Waals surface area contributed by atoms with E-state index in [0.717, 1.165) is 35.1 Å². The number of nitrogens with one attached hydrogen (secondary N) is 1. The van der Waals surface area contributed by atoms with Crippen LogP contribution in [0.25, 0.3) is 11.2 Å². The summed E-state index contributed by atoms with van der Waals surface area (Å²) in [6, 6.07) is 11.7. The highest BCUT2D eigenvalue weighted by molar-refractivity contribution is 5.76. The van der Waals surface area contributed by atoms with E-state index >= 15 is 0 Å². The van der Waals surface area contributed by atoms with Crippen molar-refractivity contribution < 1.29 is 0 Å². The highest BCUT2D eigenvalue weighted by Gasteiger charge is 2.24. The number of pyridine rings is 1. The van der Waals surface area contributed by atoms with E-state index in [4.69, 9.17) is 9.97 Å². The Morgan fingerprint density at radius 3 is 2.32 bits per heavy atom. The number of fused-ring (bicyclic) bond motifs is 1. The molecule has 5 rings (SSSR count). The monoisotopic (exact) mass is 460 g/mol. The van der Waals surface area contributed by atoms with Crippen molar-refractivity contribution in [2.24, 2.45) is 5.92 Å². The first-order valence-corrected chi connectivity index (χ1v) is 13.0. The zero-order valence-corrected chi connectivity index (χ0v) is 21.3. The Kier molecular flexibility index (Phi) is 6.89. The number of aryl methyl sites for hydroxylation is 3. The van der Waals surface area contributed by atoms with Gasteiger partial charge in [-0.25, -0.2) is 9.97 Å². The third kappa shape index (κ3) is 5.28. The molecule has 0 spiro atoms. The molecule has 1 saturated heterocycles. The predicted octanol–water partition coefficient (Wildman–Crippen LogP) is 4.62. The molecule has 0 atom stereocenters. The van der Waals surface area contributed by atoms with Crippen molar-refractivity contribution >= 4 is 16.9 Å². The Morgan fingerprint density at radius 1 is 0.912 bits per heavy atom. The number of nitrogens with zero attached hydrogens (tertiary/aromatic N) is 5. The van der Waals surface area contributed by atoms with Crippen LogP contribution < -0.4 is 5.32 Å². The lowest BCUT2D eigenvalue weighted by atomic mass is 9.85. The van der Waals surface area contributed by atoms with Crippen molar-refractivity contribution in [2.75, 3.05) is 45.1 Å². The number of piperazine rings is 1. The van der Waals surface area contributed by atoms with Gasteiger partial charge >= 0.3 is 0 Å². The van der Waals surface area contributed by atoms with Crippen molar-refractivity contribution in [3.8, 4) is 0 Å². The summed E-state index contributed by atoms with van der Waals surface area (Å²) < 4.78 is 2.24. The average Bonchev–Trinajstić information content (AvgIpc) is 3.13. The van der Waals surface area contributed by atoms with E-state index in [1.807, 2.05) is 0 Å². The second kappa shape index (κ2) is 10.0. The predicted molar refractivity (Wildman–Crippen MR) is 141 cm³/mol. The third-order valence-corrected chi connectivity index (χ3v) is 7.84. The van der Waals surface area contributed by atoms with Crippen LogP contribution in [0.4, 0.5) is 5.69 Å². The number of hydrogen-bond acceptors (Lipinski definition) is 5. The summed E-state index contributed by atoms with van der Waals surface area (Å²) in [5.74, 6) is 1.89. The number of aromatic nitrogens is 3. The highest BCUT2D eigenvalue weighted by atomic mass is 15.2. The maximum atomic E-state index is 4.78. The summed E-state index contributed by atoms with van der Waals surface area (Å²) in [7, 11) is 2.24. The number of anilines is 1. The van der Waals surface area contributed by atoms with E-state index in [9.17, 15) is 0 Å². The standard InChI is InChI=1S/C28H40N6/c1-20-17-21(2)29-28-27(20)30-22(3)34(28)19-24-7-11-26(12-8-24)31-25-9-5-23(6-10-25)18-33-15-13-32(4)14-16-33/h7-8,11-12,17,23,25,31H,5-6,9-10,13-16,18-19H2,1-4H3/t23-,25+. The molecule has 6 nitrogen and oxygen atoms in total. The lowest BCUT2D eigenvalue weighted by Crippen LogP contribution is -2.46. The van der Waals surface area contributed by atoms with E-state index in [2.05, 4.69) is 77.8 Å². The van der Waals surface area contributed by atoms with Gasteiger partial charge in [0.15, 0.2) is 5.65 Å². The Balaban J connectivity index is 1.15. The van der Waals surface area contributed by atoms with Gasteiger partial charge in [0.2, 0.25) is 0 Å². The van der Waals surface area contributed by atoms with E-state index in [-0.39, 0.29) is 0 Å². The molecular formula is C28H40N6. The summed E-state index contributed by atoms with van der Waals surface area (Å²) in [5, 5.41) is 3.80. The summed E-state index contributed by atoms with van der Waals surface area (Å²) in [4.78, 5) is 14.7. The van der Waals surface area contributed by atoms with E-state index < -0.39 is 0 Å². The van der Waals surface area contributed by atoms with Crippen LogP contribution in [0, 0.1) is 26.7 Å². The number of benzene rings is 1. The normalized spacial score (nSPS) is 22.4. The molecule has 0 amide bonds. The van der Waals surface area contributed by atoms with Crippen LogP contribution in [-0.2, 0) is 6.54 Å². The Hall–Kier alpha value is -2.44. The second-order valence-corrected chi connectivity index (χ2v) is 10.7. The third-order valence-electron chi connectivity index (χ3n) is 7.84. The second-order valence-electron chi connectivity index (χ2n) is 10.7. The smallest absolute Gasteiger partial charge is 0.160 e. The highest BCUT2D eigenvalue weighted by Crippen LogP contribution is 2.28. The molecule has 1 aliphatic heterocycles. The maximum Gasteiger partial charge on any atom is 0.160 e. The van der Waals surface area contributed by atoms with Crippen LogP contribution in [0.5, 0.6) is 0 Å². The number of hydrogen-bond donors (Lipinski definition) is 1. The molecule has 1 N–H and O–H groups in total. The van der Waals surface area contributed by atoms with Crippen LogP contribution in [0.3, 0.4) is 0 Å². The maximum absolute atomic E-state index is 4.78. The van der Waals surface area contributed by atoms with Crippen LogP contribution in [0.15, 0.2) is 30.3 Å². The van der Waals surface area contributed by atoms with E-state index in [1.165, 1.54) is 75.2 Å². The topological polar surface area (TPSA) is 49.2 Å². The summed E-state index contributed by atoms with van der Waals surface area (Å²) in [6.45, 7) is 13.3. The molecule has 182 valence electrons. The zero-order chi connectivity index (χ0) is 23.7. The molecule has 1 saturated carbocycles. The summed E-state index contributed by atoms with van der Waals surface area (Å²) in [5.41, 5.74) is 6.77. The van der Waals surface area contributed by atoms with Gasteiger partial charge in [0.05, 0.1) is 6.54 Å². The van der Waals surface area contributed by atoms with Gasteiger partial charge in [-0.05, 0) is 88.7 Å². The molecule has 1 aliphatic carbocycles. The van der Waals surface area contributed by atoms with Crippen molar-refractivity contribution in [2.45, 2.75) is 59.0 Å². The van der Waals surface area contributed by atoms with Gasteiger partial charge in [0.25, 0.3) is 0 Å². The zero-order valence-electron chi connectivity index (χ0n) is 21.3. The minimum atomic E-state index is 0.601. The number of imidazole rings is 1. The molecule has 3 heterocycles. The molecule has 3 aromatic rings. The Morgan fingerprint density at radius 2 is 1.62 bits per heavy atom. The van der Waals surface area contributed by atoms with Crippen LogP contribution in [0.1, 0.15) is 48.3 Å². The molecule has 0 unspecified atom stereocenters. The lowest BCUT2D eigenvalue weighted by molar-refractivity contribution is 0.124. The van der Waals surface area contributed by atoms with E-state index in [1.54, 1.807) is 0 Å². The number of rotatable bonds is 6. The first-order chi connectivity index (χ1) is 16.4. The van der Waals surface area contributed by atoms with Crippen molar-refractivity contribution in [3.63, 3.8) is 0 Å². The van der Waals surface area contributed by atoms with Gasteiger partial charge in [-0.3, -0.25) is 0 Å². The molecule has 6 heteroatoms. The SMILES string of the molecule is Cc1cc(C)c2nc(C)n(Cc3ccc(N[C@H]4CC[C@@H](CN5CCN(C)CC5)CC4)cc3)c2n1. The van der Waals surface area contributed by atoms with E-state index in [0.29, 0.717) is 6.04 Å². The summed E-state index contributed by atoms with van der Waals surface area (Å²) >= 11 is 0. The first-order valence-electron chi connectivity index (χ1n) is 13.0. The quantitative estimate of drug-likeness (QED) is 0.582. The van der Waals surface area contributed by atoms with Crippen molar-refractivity contribution in [3.05, 3.63) is 53.0 Å². The average molecular weight is 461 g/mol. The van der Waals surface area contributed by atoms with Gasteiger partial charge in [-0.15, -0.1) is 0 Å². The fourth-order valence-electron chi connectivity index (χ4n) is 5.71. The molecule has 2 fully saturated rings. The van der Waals surface area contributed by atoms with Crippen molar-refractivity contribution in [1.29, 1.82) is 0 Å². The van der Waals surface area contributed by atoms with Crippen LogP contribution >= 0.6 is 0 Å². The minimum Gasteiger partial charge on any atom is -0.382 e. The minimum absolute atomic E-state index is 0.601. The molecule has 2 aliphatic rings. The van der Waals surface area contributed by atoms with Crippen LogP contribution in [-0.4, -0.2) is 70.1 Å². The number of likely N-dealkylation sites (N-methyl/N-ethyl adjacent to an activating group) is 1. The fourth-order valence-corrected chi connectivity index (χ4v) is 5.71. The largest absolute Gasteiger partial charge is 0.382 e.